The van der Waals surface area contributed by atoms with Crippen LogP contribution in [0.1, 0.15) is 27.0 Å². The Balaban J connectivity index is 1.52. The molecule has 0 unspecified atom stereocenters. The maximum Gasteiger partial charge on any atom is 0.335 e. The van der Waals surface area contributed by atoms with Crippen molar-refractivity contribution in [1.29, 1.82) is 0 Å². The van der Waals surface area contributed by atoms with E-state index in [1.54, 1.807) is 60.7 Å². The summed E-state index contributed by atoms with van der Waals surface area (Å²) in [7, 11) is 1.50. The molecule has 0 radical (unpaired) electrons. The van der Waals surface area contributed by atoms with Crippen molar-refractivity contribution in [3.63, 3.8) is 0 Å². The lowest BCUT2D eigenvalue weighted by Crippen LogP contribution is -2.30. The highest BCUT2D eigenvalue weighted by molar-refractivity contribution is 14.1. The number of urea groups is 1. The monoisotopic (exact) mass is 618 g/mol. The maximum atomic E-state index is 12.9. The quantitative estimate of drug-likeness (QED) is 0.201. The lowest BCUT2D eigenvalue weighted by atomic mass is 10.1. The number of carbonyl (C=O) groups is 3. The number of ether oxygens (including phenoxy) is 2. The maximum absolute atomic E-state index is 12.9. The van der Waals surface area contributed by atoms with Crippen molar-refractivity contribution >= 4 is 58.2 Å². The highest BCUT2D eigenvalue weighted by Gasteiger charge is 2.33. The zero-order valence-corrected chi connectivity index (χ0v) is 21.9. The number of nitrogens with one attached hydrogen (secondary N) is 1. The van der Waals surface area contributed by atoms with Crippen molar-refractivity contribution in [3.8, 4) is 11.5 Å². The Bertz CT molecular complexity index is 1370. The van der Waals surface area contributed by atoms with Gasteiger partial charge in [-0.25, -0.2) is 9.59 Å². The number of benzene rings is 3. The van der Waals surface area contributed by atoms with E-state index in [1.165, 1.54) is 13.2 Å². The van der Waals surface area contributed by atoms with Gasteiger partial charge in [0.1, 0.15) is 12.3 Å². The third kappa shape index (κ3) is 5.80. The molecule has 3 aromatic rings. The first-order chi connectivity index (χ1) is 17.2. The summed E-state index contributed by atoms with van der Waals surface area (Å²) in [5.41, 5.74) is 2.42. The first-order valence-electron chi connectivity index (χ1n) is 10.7. The van der Waals surface area contributed by atoms with Gasteiger partial charge in [0.05, 0.1) is 22.8 Å². The van der Waals surface area contributed by atoms with Crippen LogP contribution < -0.4 is 14.8 Å². The molecule has 8 nitrogen and oxygen atoms in total. The Morgan fingerprint density at radius 2 is 1.86 bits per heavy atom. The summed E-state index contributed by atoms with van der Waals surface area (Å²) in [6, 6.07) is 16.4. The predicted molar refractivity (Wildman–Crippen MR) is 142 cm³/mol. The fourth-order valence-electron chi connectivity index (χ4n) is 3.57. The van der Waals surface area contributed by atoms with Crippen LogP contribution in [0.5, 0.6) is 11.5 Å². The second kappa shape index (κ2) is 11.0. The molecule has 1 heterocycles. The highest BCUT2D eigenvalue weighted by Crippen LogP contribution is 2.35. The SMILES string of the molecule is COc1cc(/C=C2\NC(=O)N(Cc3ccc(Cl)cc3)C2=O)cc(I)c1OCc1cccc(C(=O)O)c1. The molecule has 0 bridgehead atoms. The van der Waals surface area contributed by atoms with Gasteiger partial charge in [-0.1, -0.05) is 35.9 Å². The van der Waals surface area contributed by atoms with E-state index in [2.05, 4.69) is 27.9 Å². The molecule has 3 aromatic carbocycles. The fourth-order valence-corrected chi connectivity index (χ4v) is 4.47. The number of nitrogens with zero attached hydrogens (tertiary/aromatic N) is 1. The number of imide groups is 1. The summed E-state index contributed by atoms with van der Waals surface area (Å²) in [5.74, 6) is -0.547. The molecule has 1 aliphatic heterocycles. The number of carboxylic acids is 1. The minimum Gasteiger partial charge on any atom is -0.493 e. The summed E-state index contributed by atoms with van der Waals surface area (Å²) in [6.45, 7) is 0.262. The Morgan fingerprint density at radius 1 is 1.11 bits per heavy atom. The van der Waals surface area contributed by atoms with E-state index in [0.717, 1.165) is 10.5 Å². The molecule has 0 aliphatic carbocycles. The highest BCUT2D eigenvalue weighted by atomic mass is 127. The molecular weight excluding hydrogens is 599 g/mol. The van der Waals surface area contributed by atoms with Gasteiger partial charge in [-0.15, -0.1) is 0 Å². The topological polar surface area (TPSA) is 105 Å². The van der Waals surface area contributed by atoms with Gasteiger partial charge in [-0.05, 0) is 81.8 Å². The van der Waals surface area contributed by atoms with Crippen LogP contribution >= 0.6 is 34.2 Å². The van der Waals surface area contributed by atoms with E-state index in [-0.39, 0.29) is 24.4 Å². The molecule has 3 amide bonds. The molecule has 184 valence electrons. The molecule has 0 aromatic heterocycles. The summed E-state index contributed by atoms with van der Waals surface area (Å²) in [4.78, 5) is 37.6. The van der Waals surface area contributed by atoms with Gasteiger partial charge in [0, 0.05) is 5.02 Å². The number of methoxy groups -OCH3 is 1. The van der Waals surface area contributed by atoms with Crippen molar-refractivity contribution in [1.82, 2.24) is 10.2 Å². The lowest BCUT2D eigenvalue weighted by molar-refractivity contribution is -0.123. The second-order valence-corrected chi connectivity index (χ2v) is 9.43. The fraction of sp³-hybridized carbons (Fsp3) is 0.115. The normalized spacial score (nSPS) is 14.2. The number of halogens is 2. The lowest BCUT2D eigenvalue weighted by Gasteiger charge is -2.14. The van der Waals surface area contributed by atoms with Gasteiger partial charge < -0.3 is 19.9 Å². The molecule has 2 N–H and O–H groups in total. The smallest absolute Gasteiger partial charge is 0.335 e. The number of carboxylic acid groups (broad SMARTS) is 1. The third-order valence-corrected chi connectivity index (χ3v) is 6.39. The molecule has 4 rings (SSSR count). The zero-order chi connectivity index (χ0) is 25.8. The largest absolute Gasteiger partial charge is 0.493 e. The summed E-state index contributed by atoms with van der Waals surface area (Å²) in [5, 5.41) is 12.4. The van der Waals surface area contributed by atoms with Gasteiger partial charge in [-0.3, -0.25) is 9.69 Å². The van der Waals surface area contributed by atoms with Gasteiger partial charge in [-0.2, -0.15) is 0 Å². The number of carbonyl (C=O) groups excluding carboxylic acids is 2. The summed E-state index contributed by atoms with van der Waals surface area (Å²) in [6.07, 6.45) is 1.58. The Hall–Kier alpha value is -3.57. The average molecular weight is 619 g/mol. The molecule has 0 saturated carbocycles. The number of hydrogen-bond acceptors (Lipinski definition) is 5. The van der Waals surface area contributed by atoms with Gasteiger partial charge in [0.15, 0.2) is 11.5 Å². The van der Waals surface area contributed by atoms with Crippen LogP contribution in [0.4, 0.5) is 4.79 Å². The summed E-state index contributed by atoms with van der Waals surface area (Å²) < 4.78 is 12.1. The molecule has 0 spiro atoms. The molecule has 36 heavy (non-hydrogen) atoms. The Labute approximate surface area is 225 Å². The molecule has 1 aliphatic rings. The van der Waals surface area contributed by atoms with Crippen molar-refractivity contribution in [2.45, 2.75) is 13.2 Å². The van der Waals surface area contributed by atoms with Crippen molar-refractivity contribution in [2.75, 3.05) is 7.11 Å². The molecule has 0 atom stereocenters. The van der Waals surface area contributed by atoms with E-state index in [0.29, 0.717) is 31.2 Å². The van der Waals surface area contributed by atoms with E-state index >= 15 is 0 Å². The molecular formula is C26H20ClIN2O6. The van der Waals surface area contributed by atoms with Gasteiger partial charge >= 0.3 is 12.0 Å². The zero-order valence-electron chi connectivity index (χ0n) is 19.0. The predicted octanol–water partition coefficient (Wildman–Crippen LogP) is 5.32. The van der Waals surface area contributed by atoms with Crippen LogP contribution in [0.2, 0.25) is 5.02 Å². The first-order valence-corrected chi connectivity index (χ1v) is 12.1. The van der Waals surface area contributed by atoms with Crippen LogP contribution in [0.25, 0.3) is 6.08 Å². The average Bonchev–Trinajstić information content (AvgIpc) is 3.11. The minimum atomic E-state index is -1.01. The first kappa shape index (κ1) is 25.5. The van der Waals surface area contributed by atoms with Crippen LogP contribution in [-0.2, 0) is 17.9 Å². The number of rotatable bonds is 8. The van der Waals surface area contributed by atoms with Crippen molar-refractivity contribution < 1.29 is 29.0 Å². The van der Waals surface area contributed by atoms with Crippen LogP contribution in [0.15, 0.2) is 66.4 Å². The van der Waals surface area contributed by atoms with Crippen molar-refractivity contribution in [3.05, 3.63) is 97.2 Å². The van der Waals surface area contributed by atoms with E-state index in [4.69, 9.17) is 21.1 Å². The Kier molecular flexibility index (Phi) is 7.80. The molecule has 1 fully saturated rings. The second-order valence-electron chi connectivity index (χ2n) is 7.83. The Morgan fingerprint density at radius 3 is 2.56 bits per heavy atom. The van der Waals surface area contributed by atoms with Crippen LogP contribution in [-0.4, -0.2) is 35.0 Å². The number of hydrogen-bond donors (Lipinski definition) is 2. The minimum absolute atomic E-state index is 0.121. The van der Waals surface area contributed by atoms with Gasteiger partial charge in [0.25, 0.3) is 5.91 Å². The molecule has 1 saturated heterocycles. The third-order valence-electron chi connectivity index (χ3n) is 5.34. The van der Waals surface area contributed by atoms with E-state index in [1.807, 2.05) is 0 Å². The van der Waals surface area contributed by atoms with E-state index in [9.17, 15) is 19.5 Å². The van der Waals surface area contributed by atoms with E-state index < -0.39 is 17.9 Å². The number of aromatic carboxylic acids is 1. The van der Waals surface area contributed by atoms with Gasteiger partial charge in [0.2, 0.25) is 0 Å². The van der Waals surface area contributed by atoms with Crippen molar-refractivity contribution in [2.24, 2.45) is 0 Å². The summed E-state index contributed by atoms with van der Waals surface area (Å²) >= 11 is 8.00. The standard InChI is InChI=1S/C26H20ClIN2O6/c1-35-22-12-17(10-20(28)23(22)36-14-16-3-2-4-18(9-16)25(32)33)11-21-24(31)30(26(34)29-21)13-15-5-7-19(27)8-6-15/h2-12H,13-14H2,1H3,(H,29,34)(H,32,33)/b21-11-. The van der Waals surface area contributed by atoms with Crippen LogP contribution in [0, 0.1) is 3.57 Å². The van der Waals surface area contributed by atoms with Crippen LogP contribution in [0.3, 0.4) is 0 Å². The molecule has 10 heteroatoms. The number of amides is 3.